The molecular formula is C16H18N4O5S. The van der Waals surface area contributed by atoms with E-state index in [1.165, 1.54) is 22.7 Å². The standard InChI is InChI=1S/C16H18N4O5S/c1-26-8-7-12(16(22)23)18-14(21)13-15(20(24)25)19(10-17-13)9-11-5-3-2-4-6-11/h2-6,10,12H,7-9H2,1H3,(H,18,21)(H,22,23). The summed E-state index contributed by atoms with van der Waals surface area (Å²) in [4.78, 5) is 38.2. The average Bonchev–Trinajstić information content (AvgIpc) is 3.03. The van der Waals surface area contributed by atoms with Crippen molar-refractivity contribution in [3.63, 3.8) is 0 Å². The van der Waals surface area contributed by atoms with Gasteiger partial charge in [0.2, 0.25) is 5.69 Å². The Morgan fingerprint density at radius 1 is 1.38 bits per heavy atom. The molecule has 1 unspecified atom stereocenters. The molecule has 2 aromatic rings. The second-order valence-electron chi connectivity index (χ2n) is 5.43. The third-order valence-corrected chi connectivity index (χ3v) is 4.25. The highest BCUT2D eigenvalue weighted by atomic mass is 32.2. The lowest BCUT2D eigenvalue weighted by Crippen LogP contribution is -2.41. The van der Waals surface area contributed by atoms with E-state index in [9.17, 15) is 24.8 Å². The van der Waals surface area contributed by atoms with Gasteiger partial charge < -0.3 is 20.5 Å². The number of hydrogen-bond donors (Lipinski definition) is 2. The molecule has 2 rings (SSSR count). The summed E-state index contributed by atoms with van der Waals surface area (Å²) in [7, 11) is 0. The van der Waals surface area contributed by atoms with E-state index >= 15 is 0 Å². The summed E-state index contributed by atoms with van der Waals surface area (Å²) in [6.07, 6.45) is 3.23. The van der Waals surface area contributed by atoms with E-state index in [-0.39, 0.29) is 13.0 Å². The van der Waals surface area contributed by atoms with Gasteiger partial charge in [-0.05, 0) is 28.9 Å². The van der Waals surface area contributed by atoms with Crippen LogP contribution >= 0.6 is 11.8 Å². The van der Waals surface area contributed by atoms with E-state index in [1.54, 1.807) is 24.3 Å². The van der Waals surface area contributed by atoms with Gasteiger partial charge in [-0.3, -0.25) is 4.79 Å². The number of hydrogen-bond acceptors (Lipinski definition) is 6. The van der Waals surface area contributed by atoms with Crippen molar-refractivity contribution in [3.05, 3.63) is 58.0 Å². The maximum absolute atomic E-state index is 12.4. The fourth-order valence-corrected chi connectivity index (χ4v) is 2.81. The minimum atomic E-state index is -1.20. The molecule has 138 valence electrons. The van der Waals surface area contributed by atoms with Gasteiger partial charge in [-0.15, -0.1) is 0 Å². The Balaban J connectivity index is 2.24. The number of nitro groups is 1. The van der Waals surface area contributed by atoms with Gasteiger partial charge in [0.25, 0.3) is 5.91 Å². The molecule has 0 bridgehead atoms. The molecule has 1 amide bonds. The lowest BCUT2D eigenvalue weighted by Gasteiger charge is -2.12. The lowest BCUT2D eigenvalue weighted by molar-refractivity contribution is -0.392. The number of benzene rings is 1. The summed E-state index contributed by atoms with van der Waals surface area (Å²) in [6, 6.07) is 7.89. The van der Waals surface area contributed by atoms with Crippen LogP contribution in [-0.4, -0.2) is 49.5 Å². The Labute approximate surface area is 153 Å². The molecule has 0 saturated heterocycles. The number of carboxylic acid groups (broad SMARTS) is 1. The number of rotatable bonds is 9. The van der Waals surface area contributed by atoms with Crippen LogP contribution in [0.2, 0.25) is 0 Å². The molecule has 0 aliphatic carbocycles. The summed E-state index contributed by atoms with van der Waals surface area (Å²) < 4.78 is 1.25. The first kappa shape index (κ1) is 19.4. The van der Waals surface area contributed by atoms with Gasteiger partial charge in [0.1, 0.15) is 12.6 Å². The number of nitrogens with zero attached hydrogens (tertiary/aromatic N) is 3. The largest absolute Gasteiger partial charge is 0.480 e. The normalized spacial score (nSPS) is 11.7. The molecule has 1 aromatic heterocycles. The minimum absolute atomic E-state index is 0.173. The highest BCUT2D eigenvalue weighted by Gasteiger charge is 2.30. The van der Waals surface area contributed by atoms with Crippen LogP contribution in [0.4, 0.5) is 5.82 Å². The molecule has 2 N–H and O–H groups in total. The molecule has 1 heterocycles. The quantitative estimate of drug-likeness (QED) is 0.503. The Morgan fingerprint density at radius 2 is 2.08 bits per heavy atom. The van der Waals surface area contributed by atoms with Gasteiger partial charge in [0.05, 0.1) is 0 Å². The molecule has 9 nitrogen and oxygen atoms in total. The maximum Gasteiger partial charge on any atom is 0.356 e. The van der Waals surface area contributed by atoms with E-state index in [4.69, 9.17) is 0 Å². The van der Waals surface area contributed by atoms with E-state index in [2.05, 4.69) is 10.3 Å². The van der Waals surface area contributed by atoms with Gasteiger partial charge in [-0.25, -0.2) is 14.3 Å². The predicted molar refractivity (Wildman–Crippen MR) is 96.3 cm³/mol. The highest BCUT2D eigenvalue weighted by molar-refractivity contribution is 7.98. The third kappa shape index (κ3) is 4.82. The van der Waals surface area contributed by atoms with Crippen LogP contribution in [0.3, 0.4) is 0 Å². The fraction of sp³-hybridized carbons (Fsp3) is 0.312. The summed E-state index contributed by atoms with van der Waals surface area (Å²) in [5.74, 6) is -2.02. The van der Waals surface area contributed by atoms with Gasteiger partial charge in [-0.2, -0.15) is 11.8 Å². The zero-order valence-corrected chi connectivity index (χ0v) is 14.8. The van der Waals surface area contributed by atoms with E-state index in [0.717, 1.165) is 5.56 Å². The van der Waals surface area contributed by atoms with E-state index in [0.29, 0.717) is 5.75 Å². The number of carboxylic acids is 1. The number of amides is 1. The van der Waals surface area contributed by atoms with Crippen molar-refractivity contribution in [2.75, 3.05) is 12.0 Å². The van der Waals surface area contributed by atoms with Crippen molar-refractivity contribution in [1.82, 2.24) is 14.9 Å². The highest BCUT2D eigenvalue weighted by Crippen LogP contribution is 2.19. The Kier molecular flexibility index (Phi) is 6.73. The predicted octanol–water partition coefficient (Wildman–Crippen LogP) is 1.78. The molecule has 0 spiro atoms. The van der Waals surface area contributed by atoms with Crippen molar-refractivity contribution in [2.45, 2.75) is 19.0 Å². The maximum atomic E-state index is 12.4. The number of aliphatic carboxylic acids is 1. The zero-order valence-electron chi connectivity index (χ0n) is 14.0. The second-order valence-corrected chi connectivity index (χ2v) is 6.42. The molecule has 0 aliphatic heterocycles. The molecule has 0 saturated carbocycles. The van der Waals surface area contributed by atoms with Gasteiger partial charge in [0, 0.05) is 0 Å². The van der Waals surface area contributed by atoms with Crippen molar-refractivity contribution >= 4 is 29.5 Å². The third-order valence-electron chi connectivity index (χ3n) is 3.61. The molecule has 0 fully saturated rings. The van der Waals surface area contributed by atoms with Crippen LogP contribution < -0.4 is 5.32 Å². The van der Waals surface area contributed by atoms with Crippen LogP contribution in [0.25, 0.3) is 0 Å². The monoisotopic (exact) mass is 378 g/mol. The van der Waals surface area contributed by atoms with Gasteiger partial charge in [0.15, 0.2) is 6.33 Å². The molecule has 26 heavy (non-hydrogen) atoms. The summed E-state index contributed by atoms with van der Waals surface area (Å²) in [5.41, 5.74) is 0.407. The number of aromatic nitrogens is 2. The van der Waals surface area contributed by atoms with Crippen LogP contribution in [0.5, 0.6) is 0 Å². The summed E-state index contributed by atoms with van der Waals surface area (Å²) in [5, 5.41) is 22.9. The number of imidazole rings is 1. The Hall–Kier alpha value is -2.88. The SMILES string of the molecule is CSCCC(NC(=O)c1ncn(Cc2ccccc2)c1[N+](=O)[O-])C(=O)O. The van der Waals surface area contributed by atoms with Crippen molar-refractivity contribution in [3.8, 4) is 0 Å². The Morgan fingerprint density at radius 3 is 2.65 bits per heavy atom. The number of carbonyl (C=O) groups excluding carboxylic acids is 1. The van der Waals surface area contributed by atoms with Crippen LogP contribution in [-0.2, 0) is 11.3 Å². The summed E-state index contributed by atoms with van der Waals surface area (Å²) in [6.45, 7) is 0.173. The number of nitrogens with one attached hydrogen (secondary N) is 1. The first-order chi connectivity index (χ1) is 12.4. The Bertz CT molecular complexity index is 793. The van der Waals surface area contributed by atoms with Crippen molar-refractivity contribution in [2.24, 2.45) is 0 Å². The van der Waals surface area contributed by atoms with Crippen molar-refractivity contribution in [1.29, 1.82) is 0 Å². The first-order valence-electron chi connectivity index (χ1n) is 7.70. The van der Waals surface area contributed by atoms with Gasteiger partial charge in [-0.1, -0.05) is 30.3 Å². The molecular weight excluding hydrogens is 360 g/mol. The van der Waals surface area contributed by atoms with Crippen LogP contribution in [0.15, 0.2) is 36.7 Å². The molecule has 10 heteroatoms. The second kappa shape index (κ2) is 8.99. The average molecular weight is 378 g/mol. The molecule has 1 atom stereocenters. The summed E-state index contributed by atoms with van der Waals surface area (Å²) >= 11 is 1.44. The van der Waals surface area contributed by atoms with Crippen molar-refractivity contribution < 1.29 is 19.6 Å². The van der Waals surface area contributed by atoms with E-state index < -0.39 is 34.4 Å². The van der Waals surface area contributed by atoms with E-state index in [1.807, 2.05) is 12.3 Å². The number of thioether (sulfide) groups is 1. The first-order valence-corrected chi connectivity index (χ1v) is 9.09. The van der Waals surface area contributed by atoms with Crippen LogP contribution in [0.1, 0.15) is 22.5 Å². The lowest BCUT2D eigenvalue weighted by atomic mass is 10.2. The fourth-order valence-electron chi connectivity index (χ4n) is 2.34. The smallest absolute Gasteiger partial charge is 0.356 e. The molecule has 0 radical (unpaired) electrons. The minimum Gasteiger partial charge on any atom is -0.480 e. The molecule has 1 aromatic carbocycles. The topological polar surface area (TPSA) is 127 Å². The van der Waals surface area contributed by atoms with Crippen LogP contribution in [0, 0.1) is 10.1 Å². The molecule has 0 aliphatic rings. The van der Waals surface area contributed by atoms with Gasteiger partial charge >= 0.3 is 11.8 Å². The zero-order chi connectivity index (χ0) is 19.1. The number of carbonyl (C=O) groups is 2.